The average Bonchev–Trinajstić information content (AvgIpc) is 2.51. The van der Waals surface area contributed by atoms with Crippen molar-refractivity contribution in [1.29, 1.82) is 0 Å². The van der Waals surface area contributed by atoms with Crippen LogP contribution in [0.25, 0.3) is 0 Å². The van der Waals surface area contributed by atoms with Crippen LogP contribution in [0, 0.1) is 17.8 Å². The first-order valence-corrected chi connectivity index (χ1v) is 7.92. The van der Waals surface area contributed by atoms with E-state index in [-0.39, 0.29) is 0 Å². The summed E-state index contributed by atoms with van der Waals surface area (Å²) in [5.41, 5.74) is 0. The third-order valence-corrected chi connectivity index (χ3v) is 3.92. The highest BCUT2D eigenvalue weighted by molar-refractivity contribution is 4.76. The Morgan fingerprint density at radius 2 is 1.67 bits per heavy atom. The smallest absolute Gasteiger partial charge is 0.0519 e. The molecule has 108 valence electrons. The monoisotopic (exact) mass is 255 g/mol. The third-order valence-electron chi connectivity index (χ3n) is 3.92. The van der Waals surface area contributed by atoms with E-state index in [1.54, 1.807) is 0 Å². The van der Waals surface area contributed by atoms with Crippen LogP contribution >= 0.6 is 0 Å². The number of nitrogens with one attached hydrogen (secondary N) is 1. The molecule has 2 unspecified atom stereocenters. The molecule has 1 aliphatic carbocycles. The largest absolute Gasteiger partial charge is 0.378 e. The first kappa shape index (κ1) is 16.0. The first-order valence-electron chi connectivity index (χ1n) is 7.92. The van der Waals surface area contributed by atoms with Crippen molar-refractivity contribution >= 4 is 0 Å². The van der Waals surface area contributed by atoms with Crippen molar-refractivity contribution in [2.24, 2.45) is 17.8 Å². The number of hydrogen-bond acceptors (Lipinski definition) is 2. The molecule has 0 bridgehead atoms. The van der Waals surface area contributed by atoms with Gasteiger partial charge >= 0.3 is 0 Å². The summed E-state index contributed by atoms with van der Waals surface area (Å²) in [4.78, 5) is 0. The highest BCUT2D eigenvalue weighted by atomic mass is 16.5. The molecule has 2 nitrogen and oxygen atoms in total. The summed E-state index contributed by atoms with van der Waals surface area (Å²) < 4.78 is 5.87. The lowest BCUT2D eigenvalue weighted by atomic mass is 9.88. The van der Waals surface area contributed by atoms with Gasteiger partial charge in [0.2, 0.25) is 0 Å². The second kappa shape index (κ2) is 8.92. The van der Waals surface area contributed by atoms with Crippen LogP contribution in [0.5, 0.6) is 0 Å². The summed E-state index contributed by atoms with van der Waals surface area (Å²) >= 11 is 0. The number of ether oxygens (including phenoxy) is 1. The normalized spacial score (nSPS) is 25.7. The molecule has 0 saturated heterocycles. The van der Waals surface area contributed by atoms with Crippen LogP contribution in [-0.2, 0) is 4.74 Å². The molecule has 0 aromatic heterocycles. The molecule has 0 amide bonds. The van der Waals surface area contributed by atoms with Crippen LogP contribution in [0.4, 0.5) is 0 Å². The molecule has 2 atom stereocenters. The Balaban J connectivity index is 2.36. The lowest BCUT2D eigenvalue weighted by Crippen LogP contribution is -2.32. The number of hydrogen-bond donors (Lipinski definition) is 1. The Hall–Kier alpha value is -0.0800. The van der Waals surface area contributed by atoms with E-state index in [0.717, 1.165) is 30.9 Å². The molecule has 1 fully saturated rings. The first-order chi connectivity index (χ1) is 8.59. The van der Waals surface area contributed by atoms with E-state index < -0.39 is 0 Å². The predicted octanol–water partition coefficient (Wildman–Crippen LogP) is 3.85. The zero-order valence-electron chi connectivity index (χ0n) is 12.9. The minimum Gasteiger partial charge on any atom is -0.378 e. The average molecular weight is 255 g/mol. The van der Waals surface area contributed by atoms with Gasteiger partial charge in [-0.05, 0) is 57.5 Å². The molecule has 0 radical (unpaired) electrons. The fraction of sp³-hybridized carbons (Fsp3) is 1.00. The Morgan fingerprint density at radius 3 is 2.28 bits per heavy atom. The Labute approximate surface area is 114 Å². The predicted molar refractivity (Wildman–Crippen MR) is 78.9 cm³/mol. The van der Waals surface area contributed by atoms with Crippen molar-refractivity contribution < 1.29 is 4.74 Å². The summed E-state index contributed by atoms with van der Waals surface area (Å²) in [5, 5.41) is 3.64. The minimum atomic E-state index is 0.373. The molecule has 1 saturated carbocycles. The maximum absolute atomic E-state index is 5.87. The zero-order valence-corrected chi connectivity index (χ0v) is 12.9. The second-order valence-corrected chi connectivity index (χ2v) is 6.59. The van der Waals surface area contributed by atoms with Crippen molar-refractivity contribution in [3.63, 3.8) is 0 Å². The van der Waals surface area contributed by atoms with E-state index in [0.29, 0.717) is 6.10 Å². The minimum absolute atomic E-state index is 0.373. The van der Waals surface area contributed by atoms with Crippen LogP contribution in [-0.4, -0.2) is 25.8 Å². The summed E-state index contributed by atoms with van der Waals surface area (Å²) in [5.74, 6) is 2.35. The quantitative estimate of drug-likeness (QED) is 0.698. The molecular formula is C16H33NO. The van der Waals surface area contributed by atoms with Gasteiger partial charge in [0.15, 0.2) is 0 Å². The van der Waals surface area contributed by atoms with Crippen LogP contribution in [0.15, 0.2) is 0 Å². The molecule has 18 heavy (non-hydrogen) atoms. The van der Waals surface area contributed by atoms with Gasteiger partial charge in [-0.25, -0.2) is 0 Å². The molecule has 0 spiro atoms. The van der Waals surface area contributed by atoms with Crippen LogP contribution in [0.2, 0.25) is 0 Å². The van der Waals surface area contributed by atoms with Gasteiger partial charge in [-0.3, -0.25) is 0 Å². The molecule has 0 heterocycles. The van der Waals surface area contributed by atoms with Crippen molar-refractivity contribution in [1.82, 2.24) is 5.32 Å². The maximum atomic E-state index is 5.87. The topological polar surface area (TPSA) is 21.3 Å². The molecular weight excluding hydrogens is 222 g/mol. The second-order valence-electron chi connectivity index (χ2n) is 6.59. The molecule has 0 aromatic rings. The van der Waals surface area contributed by atoms with Gasteiger partial charge in [-0.1, -0.05) is 33.1 Å². The lowest BCUT2D eigenvalue weighted by Gasteiger charge is -2.26. The molecule has 0 aromatic carbocycles. The van der Waals surface area contributed by atoms with E-state index in [4.69, 9.17) is 4.74 Å². The SMILES string of the molecule is CC(C)CNCC1CCCCCC1COC(C)C. The zero-order chi connectivity index (χ0) is 13.4. The van der Waals surface area contributed by atoms with Crippen LogP contribution in [0.1, 0.15) is 59.8 Å². The fourth-order valence-electron chi connectivity index (χ4n) is 2.82. The van der Waals surface area contributed by atoms with Crippen molar-refractivity contribution in [2.75, 3.05) is 19.7 Å². The standard InChI is InChI=1S/C16H33NO/c1-13(2)10-17-11-15-8-6-5-7-9-16(15)12-18-14(3)4/h13-17H,5-12H2,1-4H3. The van der Waals surface area contributed by atoms with E-state index >= 15 is 0 Å². The summed E-state index contributed by atoms with van der Waals surface area (Å²) in [6.07, 6.45) is 7.34. The highest BCUT2D eigenvalue weighted by Crippen LogP contribution is 2.29. The molecule has 1 aliphatic rings. The Kier molecular flexibility index (Phi) is 7.92. The molecule has 0 aliphatic heterocycles. The summed E-state index contributed by atoms with van der Waals surface area (Å²) in [6.45, 7) is 12.1. The van der Waals surface area contributed by atoms with Gasteiger partial charge in [-0.15, -0.1) is 0 Å². The van der Waals surface area contributed by atoms with Crippen molar-refractivity contribution in [3.05, 3.63) is 0 Å². The van der Waals surface area contributed by atoms with Crippen molar-refractivity contribution in [3.8, 4) is 0 Å². The van der Waals surface area contributed by atoms with E-state index in [9.17, 15) is 0 Å². The van der Waals surface area contributed by atoms with Crippen LogP contribution in [0.3, 0.4) is 0 Å². The van der Waals surface area contributed by atoms with E-state index in [1.165, 1.54) is 38.6 Å². The van der Waals surface area contributed by atoms with E-state index in [1.807, 2.05) is 0 Å². The summed E-state index contributed by atoms with van der Waals surface area (Å²) in [6, 6.07) is 0. The van der Waals surface area contributed by atoms with Crippen LogP contribution < -0.4 is 5.32 Å². The Bertz CT molecular complexity index is 203. The summed E-state index contributed by atoms with van der Waals surface area (Å²) in [7, 11) is 0. The third kappa shape index (κ3) is 6.75. The Morgan fingerprint density at radius 1 is 1.00 bits per heavy atom. The molecule has 1 rings (SSSR count). The van der Waals surface area contributed by atoms with Gasteiger partial charge < -0.3 is 10.1 Å². The van der Waals surface area contributed by atoms with E-state index in [2.05, 4.69) is 33.0 Å². The molecule has 2 heteroatoms. The number of rotatable bonds is 7. The van der Waals surface area contributed by atoms with Gasteiger partial charge in [0.25, 0.3) is 0 Å². The van der Waals surface area contributed by atoms with Gasteiger partial charge in [-0.2, -0.15) is 0 Å². The maximum Gasteiger partial charge on any atom is 0.0519 e. The van der Waals surface area contributed by atoms with Gasteiger partial charge in [0.1, 0.15) is 0 Å². The fourth-order valence-corrected chi connectivity index (χ4v) is 2.82. The highest BCUT2D eigenvalue weighted by Gasteiger charge is 2.23. The van der Waals surface area contributed by atoms with Crippen molar-refractivity contribution in [2.45, 2.75) is 65.9 Å². The lowest BCUT2D eigenvalue weighted by molar-refractivity contribution is 0.0322. The van der Waals surface area contributed by atoms with Gasteiger partial charge in [0.05, 0.1) is 12.7 Å². The molecule has 1 N–H and O–H groups in total. The van der Waals surface area contributed by atoms with Gasteiger partial charge in [0, 0.05) is 0 Å².